The van der Waals surface area contributed by atoms with E-state index in [2.05, 4.69) is 29.3 Å². The molecule has 2 aromatic rings. The molecule has 1 aliphatic heterocycles. The van der Waals surface area contributed by atoms with E-state index in [4.69, 9.17) is 4.52 Å². The van der Waals surface area contributed by atoms with Crippen LogP contribution in [-0.4, -0.2) is 28.3 Å². The van der Waals surface area contributed by atoms with Gasteiger partial charge in [-0.1, -0.05) is 35.5 Å². The Balaban J connectivity index is 1.91. The zero-order chi connectivity index (χ0) is 14.9. The molecule has 5 nitrogen and oxygen atoms in total. The van der Waals surface area contributed by atoms with Gasteiger partial charge in [-0.15, -0.1) is 0 Å². The fourth-order valence-electron chi connectivity index (χ4n) is 2.72. The lowest BCUT2D eigenvalue weighted by Gasteiger charge is -2.28. The van der Waals surface area contributed by atoms with Crippen LogP contribution < -0.4 is 5.32 Å². The van der Waals surface area contributed by atoms with E-state index in [1.807, 2.05) is 30.3 Å². The molecule has 1 aromatic carbocycles. The quantitative estimate of drug-likeness (QED) is 0.903. The lowest BCUT2D eigenvalue weighted by molar-refractivity contribution is -0.0167. The molecule has 112 valence electrons. The van der Waals surface area contributed by atoms with Crippen molar-refractivity contribution in [2.24, 2.45) is 0 Å². The molecule has 2 heterocycles. The zero-order valence-electron chi connectivity index (χ0n) is 12.5. The van der Waals surface area contributed by atoms with Crippen molar-refractivity contribution < 1.29 is 9.63 Å². The van der Waals surface area contributed by atoms with Crippen molar-refractivity contribution in [2.75, 3.05) is 13.1 Å². The predicted octanol–water partition coefficient (Wildman–Crippen LogP) is 1.97. The number of aliphatic hydroxyl groups is 1. The summed E-state index contributed by atoms with van der Waals surface area (Å²) in [6, 6.07) is 10.1. The van der Waals surface area contributed by atoms with Gasteiger partial charge in [-0.25, -0.2) is 0 Å². The van der Waals surface area contributed by atoms with E-state index in [0.29, 0.717) is 24.7 Å². The summed E-state index contributed by atoms with van der Waals surface area (Å²) in [4.78, 5) is 4.49. The number of rotatable bonds is 3. The summed E-state index contributed by atoms with van der Waals surface area (Å²) in [6.07, 6.45) is 1.55. The Labute approximate surface area is 124 Å². The highest BCUT2D eigenvalue weighted by Crippen LogP contribution is 2.32. The number of nitrogens with one attached hydrogen (secondary N) is 1. The van der Waals surface area contributed by atoms with Crippen molar-refractivity contribution in [3.05, 3.63) is 47.6 Å². The highest BCUT2D eigenvalue weighted by Gasteiger charge is 2.39. The van der Waals surface area contributed by atoms with Gasteiger partial charge in [0.05, 0.1) is 5.41 Å². The van der Waals surface area contributed by atoms with Gasteiger partial charge in [0.1, 0.15) is 0 Å². The Morgan fingerprint density at radius 1 is 1.29 bits per heavy atom. The van der Waals surface area contributed by atoms with Gasteiger partial charge in [-0.2, -0.15) is 4.98 Å². The first-order valence-corrected chi connectivity index (χ1v) is 7.36. The number of β-amino-alcohol motifs (C(OH)–C–C–N with tert-alkyl or cyclic N) is 1. The molecule has 1 aromatic heterocycles. The largest absolute Gasteiger partial charge is 0.379 e. The molecule has 1 saturated heterocycles. The van der Waals surface area contributed by atoms with Gasteiger partial charge >= 0.3 is 0 Å². The van der Waals surface area contributed by atoms with Crippen LogP contribution in [0.2, 0.25) is 0 Å². The van der Waals surface area contributed by atoms with Gasteiger partial charge in [-0.3, -0.25) is 0 Å². The normalized spacial score (nSPS) is 23.2. The number of benzene rings is 1. The number of nitrogens with zero attached hydrogens (tertiary/aromatic N) is 2. The van der Waals surface area contributed by atoms with Crippen LogP contribution in [0, 0.1) is 0 Å². The molecule has 1 fully saturated rings. The minimum Gasteiger partial charge on any atom is -0.379 e. The fourth-order valence-corrected chi connectivity index (χ4v) is 2.72. The smallest absolute Gasteiger partial charge is 0.259 e. The highest BCUT2D eigenvalue weighted by atomic mass is 16.5. The van der Waals surface area contributed by atoms with E-state index in [9.17, 15) is 5.11 Å². The summed E-state index contributed by atoms with van der Waals surface area (Å²) in [6.45, 7) is 5.49. The molecule has 5 heteroatoms. The lowest BCUT2D eigenvalue weighted by atomic mass is 9.84. The highest BCUT2D eigenvalue weighted by molar-refractivity contribution is 5.30. The Morgan fingerprint density at radius 2 is 2.05 bits per heavy atom. The third kappa shape index (κ3) is 2.59. The molecule has 0 aliphatic carbocycles. The van der Waals surface area contributed by atoms with Gasteiger partial charge in [0.25, 0.3) is 5.89 Å². The van der Waals surface area contributed by atoms with Crippen LogP contribution >= 0.6 is 0 Å². The lowest BCUT2D eigenvalue weighted by Crippen LogP contribution is -2.43. The number of hydrogen-bond donors (Lipinski definition) is 2. The van der Waals surface area contributed by atoms with Crippen molar-refractivity contribution in [2.45, 2.75) is 37.7 Å². The van der Waals surface area contributed by atoms with Crippen LogP contribution in [0.15, 0.2) is 34.9 Å². The molecule has 1 aliphatic rings. The summed E-state index contributed by atoms with van der Waals surface area (Å²) in [5, 5.41) is 17.9. The van der Waals surface area contributed by atoms with E-state index >= 15 is 0 Å². The van der Waals surface area contributed by atoms with E-state index < -0.39 is 5.60 Å². The Kier molecular flexibility index (Phi) is 3.55. The predicted molar refractivity (Wildman–Crippen MR) is 78.9 cm³/mol. The second-order valence-electron chi connectivity index (χ2n) is 6.23. The Bertz CT molecular complexity index is 601. The molecular formula is C16H21N3O2. The first-order valence-electron chi connectivity index (χ1n) is 7.36. The standard InChI is InChI=1S/C16H21N3O2/c1-15(2,12-7-4-3-5-8-12)13-18-14(21-19-13)16(20)9-6-10-17-11-16/h3-5,7-8,17,20H,6,9-11H2,1-2H3. The third-order valence-electron chi connectivity index (χ3n) is 4.24. The maximum Gasteiger partial charge on any atom is 0.259 e. The third-order valence-corrected chi connectivity index (χ3v) is 4.24. The average Bonchev–Trinajstić information content (AvgIpc) is 3.00. The second kappa shape index (κ2) is 5.24. The summed E-state index contributed by atoms with van der Waals surface area (Å²) >= 11 is 0. The van der Waals surface area contributed by atoms with Crippen molar-refractivity contribution in [1.29, 1.82) is 0 Å². The first-order chi connectivity index (χ1) is 10.0. The van der Waals surface area contributed by atoms with E-state index in [1.165, 1.54) is 0 Å². The van der Waals surface area contributed by atoms with Gasteiger partial charge in [0.15, 0.2) is 11.4 Å². The molecule has 0 spiro atoms. The second-order valence-corrected chi connectivity index (χ2v) is 6.23. The molecule has 0 amide bonds. The van der Waals surface area contributed by atoms with Crippen molar-refractivity contribution in [3.8, 4) is 0 Å². The molecule has 2 N–H and O–H groups in total. The van der Waals surface area contributed by atoms with Gasteiger partial charge in [-0.05, 0) is 38.8 Å². The van der Waals surface area contributed by atoms with Crippen LogP contribution in [0.5, 0.6) is 0 Å². The molecule has 21 heavy (non-hydrogen) atoms. The monoisotopic (exact) mass is 287 g/mol. The van der Waals surface area contributed by atoms with Gasteiger partial charge < -0.3 is 14.9 Å². The van der Waals surface area contributed by atoms with Crippen LogP contribution in [0.25, 0.3) is 0 Å². The van der Waals surface area contributed by atoms with Crippen LogP contribution in [0.3, 0.4) is 0 Å². The minimum absolute atomic E-state index is 0.314. The maximum atomic E-state index is 10.6. The Hall–Kier alpha value is -1.72. The molecule has 0 bridgehead atoms. The summed E-state index contributed by atoms with van der Waals surface area (Å²) in [7, 11) is 0. The van der Waals surface area contributed by atoms with Crippen molar-refractivity contribution in [1.82, 2.24) is 15.5 Å². The minimum atomic E-state index is -1.05. The van der Waals surface area contributed by atoms with Crippen LogP contribution in [0.1, 0.15) is 44.0 Å². The van der Waals surface area contributed by atoms with Gasteiger partial charge in [0.2, 0.25) is 0 Å². The topological polar surface area (TPSA) is 71.2 Å². The molecule has 0 radical (unpaired) electrons. The molecule has 3 rings (SSSR count). The summed E-state index contributed by atoms with van der Waals surface area (Å²) in [5.74, 6) is 0.913. The Morgan fingerprint density at radius 3 is 2.71 bits per heavy atom. The number of piperidine rings is 1. The fraction of sp³-hybridized carbons (Fsp3) is 0.500. The van der Waals surface area contributed by atoms with Crippen LogP contribution in [-0.2, 0) is 11.0 Å². The van der Waals surface area contributed by atoms with Crippen molar-refractivity contribution in [3.63, 3.8) is 0 Å². The van der Waals surface area contributed by atoms with E-state index in [0.717, 1.165) is 18.5 Å². The summed E-state index contributed by atoms with van der Waals surface area (Å²) in [5.41, 5.74) is -0.288. The molecule has 0 saturated carbocycles. The van der Waals surface area contributed by atoms with E-state index in [1.54, 1.807) is 0 Å². The zero-order valence-corrected chi connectivity index (χ0v) is 12.5. The number of aromatic nitrogens is 2. The summed E-state index contributed by atoms with van der Waals surface area (Å²) < 4.78 is 5.36. The first kappa shape index (κ1) is 14.2. The number of hydrogen-bond acceptors (Lipinski definition) is 5. The van der Waals surface area contributed by atoms with E-state index in [-0.39, 0.29) is 5.41 Å². The SMILES string of the molecule is CC(C)(c1ccccc1)c1noc(C2(O)CCCNC2)n1. The van der Waals surface area contributed by atoms with Gasteiger partial charge in [0, 0.05) is 6.54 Å². The molecular weight excluding hydrogens is 266 g/mol. The van der Waals surface area contributed by atoms with Crippen molar-refractivity contribution >= 4 is 0 Å². The molecule has 1 atom stereocenters. The maximum absolute atomic E-state index is 10.6. The average molecular weight is 287 g/mol. The van der Waals surface area contributed by atoms with Crippen LogP contribution in [0.4, 0.5) is 0 Å². The molecule has 1 unspecified atom stereocenters.